The molecule has 0 atom stereocenters. The molecule has 39 heavy (non-hydrogen) atoms. The third kappa shape index (κ3) is 10.6. The van der Waals surface area contributed by atoms with Crippen LogP contribution in [0.5, 0.6) is 5.75 Å². The molecule has 2 heterocycles. The standard InChI is InChI=1S/C24H27F3N8O3S/c25-24(26,27)38-18-8-5-6-16(12-18)13-31-21(36)19(28)15-35(29)11-4-2-9-20-33-34-23(39-20)22(37)32-14-17-7-1-3-10-30-17/h1,3,5-8,10,12,15H,2,4,9,11,13-14,28-29H2,(H,31,36)(H,32,37)/b19-15-. The molecule has 11 nitrogen and oxygen atoms in total. The first kappa shape index (κ1) is 29.3. The number of pyridine rings is 1. The van der Waals surface area contributed by atoms with E-state index in [0.717, 1.165) is 11.8 Å². The first-order chi connectivity index (χ1) is 18.6. The van der Waals surface area contributed by atoms with Crippen LogP contribution in [-0.4, -0.2) is 44.9 Å². The summed E-state index contributed by atoms with van der Waals surface area (Å²) >= 11 is 1.21. The summed E-state index contributed by atoms with van der Waals surface area (Å²) in [5.41, 5.74) is 6.75. The van der Waals surface area contributed by atoms with Crippen LogP contribution in [0, 0.1) is 0 Å². The van der Waals surface area contributed by atoms with Gasteiger partial charge in [-0.2, -0.15) is 0 Å². The number of aryl methyl sites for hydroxylation is 1. The van der Waals surface area contributed by atoms with E-state index in [4.69, 9.17) is 11.6 Å². The van der Waals surface area contributed by atoms with Crippen LogP contribution >= 0.6 is 11.3 Å². The summed E-state index contributed by atoms with van der Waals surface area (Å²) in [7, 11) is 0. The molecule has 0 aliphatic heterocycles. The number of amides is 2. The lowest BCUT2D eigenvalue weighted by Crippen LogP contribution is -2.33. The molecule has 6 N–H and O–H groups in total. The van der Waals surface area contributed by atoms with E-state index in [1.807, 2.05) is 12.1 Å². The van der Waals surface area contributed by atoms with Crippen LogP contribution in [0.2, 0.25) is 0 Å². The molecule has 0 aliphatic carbocycles. The third-order valence-corrected chi connectivity index (χ3v) is 6.01. The van der Waals surface area contributed by atoms with Gasteiger partial charge in [-0.1, -0.05) is 29.5 Å². The number of aromatic nitrogens is 3. The molecule has 208 valence electrons. The molecular weight excluding hydrogens is 537 g/mol. The number of rotatable bonds is 13. The van der Waals surface area contributed by atoms with Gasteiger partial charge in [0.1, 0.15) is 16.5 Å². The van der Waals surface area contributed by atoms with Crippen molar-refractivity contribution >= 4 is 23.2 Å². The van der Waals surface area contributed by atoms with E-state index in [-0.39, 0.29) is 28.9 Å². The molecule has 0 radical (unpaired) electrons. The molecular formula is C24H27F3N8O3S. The van der Waals surface area contributed by atoms with E-state index < -0.39 is 12.3 Å². The highest BCUT2D eigenvalue weighted by molar-refractivity contribution is 7.13. The summed E-state index contributed by atoms with van der Waals surface area (Å²) in [5, 5.41) is 15.5. The molecule has 0 saturated carbocycles. The number of hydrogen-bond acceptors (Lipinski definition) is 10. The first-order valence-electron chi connectivity index (χ1n) is 11.7. The maximum Gasteiger partial charge on any atom is 0.573 e. The normalized spacial score (nSPS) is 11.6. The molecule has 0 fully saturated rings. The molecule has 0 unspecified atom stereocenters. The van der Waals surface area contributed by atoms with Gasteiger partial charge in [0.15, 0.2) is 0 Å². The van der Waals surface area contributed by atoms with Crippen LogP contribution in [0.3, 0.4) is 0 Å². The highest BCUT2D eigenvalue weighted by Crippen LogP contribution is 2.23. The van der Waals surface area contributed by atoms with Crippen molar-refractivity contribution in [3.63, 3.8) is 0 Å². The lowest BCUT2D eigenvalue weighted by molar-refractivity contribution is -0.274. The quantitative estimate of drug-likeness (QED) is 0.106. The number of unbranched alkanes of at least 4 members (excludes halogenated alkanes) is 1. The minimum absolute atomic E-state index is 0.0575. The molecule has 0 spiro atoms. The van der Waals surface area contributed by atoms with Gasteiger partial charge in [-0.25, -0.2) is 5.84 Å². The molecule has 0 saturated heterocycles. The number of alkyl halides is 3. The van der Waals surface area contributed by atoms with E-state index in [0.29, 0.717) is 42.9 Å². The van der Waals surface area contributed by atoms with Crippen molar-refractivity contribution in [2.75, 3.05) is 6.54 Å². The Labute approximate surface area is 226 Å². The van der Waals surface area contributed by atoms with Crippen molar-refractivity contribution < 1.29 is 27.5 Å². The number of halogens is 3. The summed E-state index contributed by atoms with van der Waals surface area (Å²) in [6.07, 6.45) is 0.0548. The molecule has 0 bridgehead atoms. The predicted octanol–water partition coefficient (Wildman–Crippen LogP) is 2.38. The summed E-state index contributed by atoms with van der Waals surface area (Å²) in [4.78, 5) is 28.6. The van der Waals surface area contributed by atoms with Gasteiger partial charge in [-0.05, 0) is 42.7 Å². The summed E-state index contributed by atoms with van der Waals surface area (Å²) in [5.74, 6) is 4.55. The number of carbonyl (C=O) groups excluding carboxylic acids is 2. The van der Waals surface area contributed by atoms with E-state index in [1.54, 1.807) is 12.3 Å². The Hall–Kier alpha value is -4.24. The number of nitrogens with zero attached hydrogens (tertiary/aromatic N) is 4. The van der Waals surface area contributed by atoms with Crippen LogP contribution in [0.25, 0.3) is 0 Å². The lowest BCUT2D eigenvalue weighted by Gasteiger charge is -2.15. The van der Waals surface area contributed by atoms with Gasteiger partial charge in [-0.3, -0.25) is 14.6 Å². The number of nitrogens with one attached hydrogen (secondary N) is 2. The molecule has 0 aliphatic rings. The Kier molecular flexibility index (Phi) is 10.6. The topological polar surface area (TPSA) is 161 Å². The molecule has 2 aromatic heterocycles. The van der Waals surface area contributed by atoms with Crippen LogP contribution in [0.1, 0.15) is 38.9 Å². The number of nitrogens with two attached hydrogens (primary N) is 2. The molecule has 3 aromatic rings. The van der Waals surface area contributed by atoms with E-state index in [9.17, 15) is 22.8 Å². The second-order valence-electron chi connectivity index (χ2n) is 8.16. The van der Waals surface area contributed by atoms with Crippen molar-refractivity contribution in [2.45, 2.75) is 38.7 Å². The first-order valence-corrected chi connectivity index (χ1v) is 12.5. The van der Waals surface area contributed by atoms with Gasteiger partial charge < -0.3 is 26.1 Å². The molecule has 1 aromatic carbocycles. The van der Waals surface area contributed by atoms with Gasteiger partial charge in [0, 0.05) is 31.9 Å². The van der Waals surface area contributed by atoms with Gasteiger partial charge in [0.05, 0.1) is 12.2 Å². The summed E-state index contributed by atoms with van der Waals surface area (Å²) in [6, 6.07) is 10.7. The maximum atomic E-state index is 12.4. The second-order valence-corrected chi connectivity index (χ2v) is 9.22. The van der Waals surface area contributed by atoms with Crippen LogP contribution < -0.4 is 26.9 Å². The van der Waals surface area contributed by atoms with Gasteiger partial charge in [0.2, 0.25) is 5.01 Å². The lowest BCUT2D eigenvalue weighted by atomic mass is 10.2. The van der Waals surface area contributed by atoms with Gasteiger partial charge in [-0.15, -0.1) is 23.4 Å². The van der Waals surface area contributed by atoms with E-state index in [2.05, 4.69) is 30.6 Å². The van der Waals surface area contributed by atoms with Crippen LogP contribution in [0.4, 0.5) is 13.2 Å². The fourth-order valence-electron chi connectivity index (χ4n) is 3.20. The Morgan fingerprint density at radius 2 is 1.90 bits per heavy atom. The number of ether oxygens (including phenoxy) is 1. The highest BCUT2D eigenvalue weighted by atomic mass is 32.1. The maximum absolute atomic E-state index is 12.4. The van der Waals surface area contributed by atoms with Gasteiger partial charge in [0.25, 0.3) is 11.8 Å². The van der Waals surface area contributed by atoms with Crippen molar-refractivity contribution in [3.05, 3.63) is 81.8 Å². The monoisotopic (exact) mass is 564 g/mol. The SMILES string of the molecule is N/C(=C\N(N)CCCCc1nnc(C(=O)NCc2ccccn2)s1)C(=O)NCc1cccc(OC(F)(F)F)c1. The molecule has 3 rings (SSSR count). The van der Waals surface area contributed by atoms with Crippen LogP contribution in [-0.2, 0) is 24.3 Å². The Morgan fingerprint density at radius 3 is 2.64 bits per heavy atom. The van der Waals surface area contributed by atoms with Crippen LogP contribution in [0.15, 0.2) is 60.6 Å². The zero-order chi connectivity index (χ0) is 28.3. The van der Waals surface area contributed by atoms with Gasteiger partial charge >= 0.3 is 6.36 Å². The number of hydrazine groups is 1. The summed E-state index contributed by atoms with van der Waals surface area (Å²) in [6.45, 7) is 0.624. The van der Waals surface area contributed by atoms with E-state index in [1.165, 1.54) is 40.7 Å². The molecule has 2 amide bonds. The number of benzene rings is 1. The number of carbonyl (C=O) groups is 2. The smallest absolute Gasteiger partial charge is 0.406 e. The fraction of sp³-hybridized carbons (Fsp3) is 0.292. The Balaban J connectivity index is 1.36. The Morgan fingerprint density at radius 1 is 1.08 bits per heavy atom. The largest absolute Gasteiger partial charge is 0.573 e. The average molecular weight is 565 g/mol. The Bertz CT molecular complexity index is 1270. The average Bonchev–Trinajstić information content (AvgIpc) is 3.37. The zero-order valence-corrected chi connectivity index (χ0v) is 21.5. The van der Waals surface area contributed by atoms with Crippen molar-refractivity contribution in [1.82, 2.24) is 30.8 Å². The molecule has 15 heteroatoms. The van der Waals surface area contributed by atoms with Crippen molar-refractivity contribution in [2.24, 2.45) is 11.6 Å². The summed E-state index contributed by atoms with van der Waals surface area (Å²) < 4.78 is 41.0. The zero-order valence-electron chi connectivity index (χ0n) is 20.6. The predicted molar refractivity (Wildman–Crippen MR) is 136 cm³/mol. The minimum Gasteiger partial charge on any atom is -0.406 e. The van der Waals surface area contributed by atoms with E-state index >= 15 is 0 Å². The second kappa shape index (κ2) is 14.1. The number of hydrogen-bond donors (Lipinski definition) is 4. The third-order valence-electron chi connectivity index (χ3n) is 5.03. The highest BCUT2D eigenvalue weighted by Gasteiger charge is 2.31. The minimum atomic E-state index is -4.81. The van der Waals surface area contributed by atoms with Crippen molar-refractivity contribution in [3.8, 4) is 5.75 Å². The van der Waals surface area contributed by atoms with Crippen molar-refractivity contribution in [1.29, 1.82) is 0 Å². The fourth-order valence-corrected chi connectivity index (χ4v) is 4.00.